The van der Waals surface area contributed by atoms with Gasteiger partial charge in [0.1, 0.15) is 11.6 Å². The van der Waals surface area contributed by atoms with E-state index in [1.165, 1.54) is 11.6 Å². The van der Waals surface area contributed by atoms with Crippen LogP contribution in [0.5, 0.6) is 0 Å². The molecule has 0 bridgehead atoms. The van der Waals surface area contributed by atoms with Gasteiger partial charge in [-0.15, -0.1) is 0 Å². The van der Waals surface area contributed by atoms with Gasteiger partial charge in [0.05, 0.1) is 22.9 Å². The molecule has 5 nitrogen and oxygen atoms in total. The van der Waals surface area contributed by atoms with Gasteiger partial charge in [-0.05, 0) is 50.6 Å². The molecule has 0 aliphatic rings. The predicted molar refractivity (Wildman–Crippen MR) is 121 cm³/mol. The first kappa shape index (κ1) is 21.6. The van der Waals surface area contributed by atoms with Crippen LogP contribution in [0.3, 0.4) is 0 Å². The van der Waals surface area contributed by atoms with E-state index in [0.717, 1.165) is 22.5 Å². The van der Waals surface area contributed by atoms with Gasteiger partial charge >= 0.3 is 0 Å². The Bertz CT molecular complexity index is 1170. The molecule has 0 aliphatic carbocycles. The summed E-state index contributed by atoms with van der Waals surface area (Å²) in [5.41, 5.74) is 4.96. The van der Waals surface area contributed by atoms with Crippen molar-refractivity contribution in [1.29, 1.82) is 5.26 Å². The van der Waals surface area contributed by atoms with Crippen molar-refractivity contribution in [2.24, 2.45) is 0 Å². The molecule has 3 aromatic rings. The summed E-state index contributed by atoms with van der Waals surface area (Å²) in [4.78, 5) is 12.6. The molecule has 30 heavy (non-hydrogen) atoms. The molecule has 7 heteroatoms. The number of hydrogen-bond acceptors (Lipinski definition) is 3. The minimum Gasteiger partial charge on any atom is -0.320 e. The quantitative estimate of drug-likeness (QED) is 0.409. The van der Waals surface area contributed by atoms with Gasteiger partial charge in [-0.1, -0.05) is 53.0 Å². The number of aryl methyl sites for hydroxylation is 2. The summed E-state index contributed by atoms with van der Waals surface area (Å²) in [5, 5.41) is 17.5. The molecular formula is C23H20Cl2N4O. The van der Waals surface area contributed by atoms with Gasteiger partial charge in [-0.2, -0.15) is 10.4 Å². The number of halogens is 2. The second-order valence-electron chi connectivity index (χ2n) is 6.98. The molecule has 0 unspecified atom stereocenters. The first-order chi connectivity index (χ1) is 14.3. The number of hydrogen-bond donors (Lipinski definition) is 1. The van der Waals surface area contributed by atoms with Crippen LogP contribution in [0.4, 0.5) is 5.69 Å². The van der Waals surface area contributed by atoms with Crippen molar-refractivity contribution in [1.82, 2.24) is 9.78 Å². The van der Waals surface area contributed by atoms with Gasteiger partial charge in [0.25, 0.3) is 5.91 Å². The van der Waals surface area contributed by atoms with Crippen LogP contribution in [-0.2, 0) is 11.3 Å². The van der Waals surface area contributed by atoms with Crippen molar-refractivity contribution in [3.05, 3.63) is 86.2 Å². The van der Waals surface area contributed by atoms with Crippen LogP contribution in [0.15, 0.2) is 48.0 Å². The van der Waals surface area contributed by atoms with E-state index in [4.69, 9.17) is 23.2 Å². The summed E-state index contributed by atoms with van der Waals surface area (Å²) >= 11 is 12.1. The lowest BCUT2D eigenvalue weighted by Crippen LogP contribution is -2.14. The summed E-state index contributed by atoms with van der Waals surface area (Å²) in [6.45, 7) is 6.42. The number of carbonyl (C=O) groups excluding carboxylic acids is 1. The van der Waals surface area contributed by atoms with Gasteiger partial charge in [0, 0.05) is 16.3 Å². The lowest BCUT2D eigenvalue weighted by molar-refractivity contribution is -0.112. The molecule has 0 atom stereocenters. The highest BCUT2D eigenvalue weighted by Gasteiger charge is 2.16. The highest BCUT2D eigenvalue weighted by Crippen LogP contribution is 2.26. The zero-order valence-electron chi connectivity index (χ0n) is 16.8. The van der Waals surface area contributed by atoms with Crippen molar-refractivity contribution >= 4 is 40.9 Å². The van der Waals surface area contributed by atoms with Crippen LogP contribution < -0.4 is 5.32 Å². The molecule has 1 aromatic heterocycles. The molecule has 0 radical (unpaired) electrons. The third kappa shape index (κ3) is 4.91. The molecule has 1 amide bonds. The topological polar surface area (TPSA) is 70.7 Å². The minimum atomic E-state index is -0.563. The average Bonchev–Trinajstić information content (AvgIpc) is 2.97. The van der Waals surface area contributed by atoms with Crippen LogP contribution in [0.2, 0.25) is 10.0 Å². The summed E-state index contributed by atoms with van der Waals surface area (Å²) in [7, 11) is 0. The summed E-state index contributed by atoms with van der Waals surface area (Å²) in [6, 6.07) is 14.9. The van der Waals surface area contributed by atoms with Crippen LogP contribution in [0.1, 0.15) is 28.1 Å². The molecule has 1 heterocycles. The third-order valence-corrected chi connectivity index (χ3v) is 5.29. The average molecular weight is 439 g/mol. The van der Waals surface area contributed by atoms with Crippen LogP contribution in [-0.4, -0.2) is 15.7 Å². The number of carbonyl (C=O) groups is 1. The lowest BCUT2D eigenvalue weighted by Gasteiger charge is -2.07. The molecule has 0 saturated heterocycles. The smallest absolute Gasteiger partial charge is 0.266 e. The Morgan fingerprint density at radius 3 is 2.53 bits per heavy atom. The number of amides is 1. The summed E-state index contributed by atoms with van der Waals surface area (Å²) < 4.78 is 1.87. The monoisotopic (exact) mass is 438 g/mol. The van der Waals surface area contributed by atoms with Gasteiger partial charge in [-0.3, -0.25) is 9.48 Å². The maximum Gasteiger partial charge on any atom is 0.266 e. The molecule has 0 fully saturated rings. The van der Waals surface area contributed by atoms with E-state index >= 15 is 0 Å². The van der Waals surface area contributed by atoms with Crippen molar-refractivity contribution in [2.45, 2.75) is 27.3 Å². The number of benzene rings is 2. The molecule has 0 aliphatic heterocycles. The first-order valence-corrected chi connectivity index (χ1v) is 10.0. The zero-order valence-corrected chi connectivity index (χ0v) is 18.3. The standard InChI is InChI=1S/C23H20Cl2N4O/c1-14-4-6-17(7-5-14)13-29-16(3)20(15(2)28-29)10-18(12-26)23(30)27-22-11-19(24)8-9-21(22)25/h4-11H,13H2,1-3H3,(H,27,30)/b18-10+. The van der Waals surface area contributed by atoms with E-state index < -0.39 is 5.91 Å². The van der Waals surface area contributed by atoms with E-state index in [2.05, 4.69) is 34.7 Å². The van der Waals surface area contributed by atoms with Gasteiger partial charge in [0.2, 0.25) is 0 Å². The Balaban J connectivity index is 1.87. The largest absolute Gasteiger partial charge is 0.320 e. The predicted octanol–water partition coefficient (Wildman–Crippen LogP) is 5.71. The van der Waals surface area contributed by atoms with Crippen LogP contribution in [0.25, 0.3) is 6.08 Å². The van der Waals surface area contributed by atoms with E-state index in [-0.39, 0.29) is 5.57 Å². The second kappa shape index (κ2) is 9.17. The van der Waals surface area contributed by atoms with E-state index in [0.29, 0.717) is 22.3 Å². The molecule has 0 saturated carbocycles. The fraction of sp³-hybridized carbons (Fsp3) is 0.174. The Hall–Kier alpha value is -3.07. The maximum atomic E-state index is 12.6. The number of nitrogens with one attached hydrogen (secondary N) is 1. The van der Waals surface area contributed by atoms with Crippen LogP contribution in [0, 0.1) is 32.1 Å². The number of nitriles is 1. The fourth-order valence-electron chi connectivity index (χ4n) is 3.02. The van der Waals surface area contributed by atoms with Crippen molar-refractivity contribution in [2.75, 3.05) is 5.32 Å². The van der Waals surface area contributed by atoms with Crippen molar-refractivity contribution in [3.63, 3.8) is 0 Å². The molecular weight excluding hydrogens is 419 g/mol. The first-order valence-electron chi connectivity index (χ1n) is 9.26. The van der Waals surface area contributed by atoms with E-state index in [1.54, 1.807) is 18.2 Å². The third-order valence-electron chi connectivity index (χ3n) is 4.72. The Kier molecular flexibility index (Phi) is 6.61. The second-order valence-corrected chi connectivity index (χ2v) is 7.82. The molecule has 1 N–H and O–H groups in total. The van der Waals surface area contributed by atoms with Gasteiger partial charge in [-0.25, -0.2) is 0 Å². The van der Waals surface area contributed by atoms with Gasteiger partial charge < -0.3 is 5.32 Å². The zero-order chi connectivity index (χ0) is 21.8. The maximum absolute atomic E-state index is 12.6. The van der Waals surface area contributed by atoms with Crippen LogP contribution >= 0.6 is 23.2 Å². The minimum absolute atomic E-state index is 0.0490. The van der Waals surface area contributed by atoms with E-state index in [1.807, 2.05) is 31.5 Å². The molecule has 0 spiro atoms. The number of nitrogens with zero attached hydrogens (tertiary/aromatic N) is 3. The Morgan fingerprint density at radius 1 is 1.17 bits per heavy atom. The van der Waals surface area contributed by atoms with Crippen molar-refractivity contribution < 1.29 is 4.79 Å². The number of rotatable bonds is 5. The number of anilines is 1. The Labute approximate surface area is 185 Å². The fourth-order valence-corrected chi connectivity index (χ4v) is 3.35. The normalized spacial score (nSPS) is 11.3. The summed E-state index contributed by atoms with van der Waals surface area (Å²) in [6.07, 6.45) is 1.55. The SMILES string of the molecule is Cc1ccc(Cn2nc(C)c(/C=C(\C#N)C(=O)Nc3cc(Cl)ccc3Cl)c2C)cc1. The summed E-state index contributed by atoms with van der Waals surface area (Å²) in [5.74, 6) is -0.563. The molecule has 152 valence electrons. The lowest BCUT2D eigenvalue weighted by atomic mass is 10.1. The van der Waals surface area contributed by atoms with Crippen molar-refractivity contribution in [3.8, 4) is 6.07 Å². The molecule has 3 rings (SSSR count). The van der Waals surface area contributed by atoms with Gasteiger partial charge in [0.15, 0.2) is 0 Å². The Morgan fingerprint density at radius 2 is 1.87 bits per heavy atom. The highest BCUT2D eigenvalue weighted by atomic mass is 35.5. The van der Waals surface area contributed by atoms with E-state index in [9.17, 15) is 10.1 Å². The molecule has 2 aromatic carbocycles. The number of aromatic nitrogens is 2. The highest BCUT2D eigenvalue weighted by molar-refractivity contribution is 6.36.